The summed E-state index contributed by atoms with van der Waals surface area (Å²) in [4.78, 5) is 16.3. The van der Waals surface area contributed by atoms with Crippen molar-refractivity contribution in [3.8, 4) is 0 Å². The fourth-order valence-electron chi connectivity index (χ4n) is 2.11. The fourth-order valence-corrected chi connectivity index (χ4v) is 2.11. The number of amides is 1. The SMILES string of the molecule is CN(C)CCN(C)C(=O)c1cccc2c1NCCN2. The van der Waals surface area contributed by atoms with Crippen molar-refractivity contribution in [2.45, 2.75) is 0 Å². The quantitative estimate of drug-likeness (QED) is 0.855. The van der Waals surface area contributed by atoms with Crippen LogP contribution in [0, 0.1) is 0 Å². The van der Waals surface area contributed by atoms with Crippen LogP contribution in [-0.4, -0.2) is 63.0 Å². The smallest absolute Gasteiger partial charge is 0.255 e. The summed E-state index contributed by atoms with van der Waals surface area (Å²) in [6.45, 7) is 3.33. The van der Waals surface area contributed by atoms with E-state index in [1.165, 1.54) is 0 Å². The number of carbonyl (C=O) groups is 1. The highest BCUT2D eigenvalue weighted by Gasteiger charge is 2.19. The number of nitrogens with zero attached hydrogens (tertiary/aromatic N) is 2. The van der Waals surface area contributed by atoms with Gasteiger partial charge in [0.05, 0.1) is 16.9 Å². The van der Waals surface area contributed by atoms with E-state index in [4.69, 9.17) is 0 Å². The van der Waals surface area contributed by atoms with E-state index in [1.54, 1.807) is 4.90 Å². The summed E-state index contributed by atoms with van der Waals surface area (Å²) in [6, 6.07) is 5.80. The zero-order valence-corrected chi connectivity index (χ0v) is 11.9. The first-order valence-electron chi connectivity index (χ1n) is 6.60. The highest BCUT2D eigenvalue weighted by Crippen LogP contribution is 2.28. The Balaban J connectivity index is 2.15. The predicted molar refractivity (Wildman–Crippen MR) is 78.9 cm³/mol. The molecule has 0 aliphatic carbocycles. The number of para-hydroxylation sites is 1. The molecule has 1 aromatic carbocycles. The van der Waals surface area contributed by atoms with E-state index in [9.17, 15) is 4.79 Å². The Labute approximate surface area is 114 Å². The number of hydrogen-bond acceptors (Lipinski definition) is 4. The van der Waals surface area contributed by atoms with Gasteiger partial charge in [-0.25, -0.2) is 0 Å². The van der Waals surface area contributed by atoms with Crippen molar-refractivity contribution in [1.82, 2.24) is 9.80 Å². The lowest BCUT2D eigenvalue weighted by molar-refractivity contribution is 0.0787. The Morgan fingerprint density at radius 3 is 2.63 bits per heavy atom. The third kappa shape index (κ3) is 3.17. The Bertz CT molecular complexity index is 459. The van der Waals surface area contributed by atoms with Gasteiger partial charge >= 0.3 is 0 Å². The molecule has 1 aliphatic rings. The van der Waals surface area contributed by atoms with E-state index in [0.717, 1.165) is 43.1 Å². The molecule has 1 amide bonds. The fraction of sp³-hybridized carbons (Fsp3) is 0.500. The van der Waals surface area contributed by atoms with Crippen LogP contribution in [0.3, 0.4) is 0 Å². The molecule has 1 aromatic rings. The van der Waals surface area contributed by atoms with Crippen LogP contribution in [0.4, 0.5) is 11.4 Å². The number of fused-ring (bicyclic) bond motifs is 1. The lowest BCUT2D eigenvalue weighted by Crippen LogP contribution is -2.34. The molecule has 0 atom stereocenters. The summed E-state index contributed by atoms with van der Waals surface area (Å²) in [5.41, 5.74) is 2.68. The molecule has 5 nitrogen and oxygen atoms in total. The van der Waals surface area contributed by atoms with E-state index < -0.39 is 0 Å². The molecule has 0 bridgehead atoms. The van der Waals surface area contributed by atoms with Gasteiger partial charge in [-0.1, -0.05) is 6.07 Å². The van der Waals surface area contributed by atoms with Crippen molar-refractivity contribution in [3.05, 3.63) is 23.8 Å². The van der Waals surface area contributed by atoms with Crippen LogP contribution in [0.25, 0.3) is 0 Å². The maximum atomic E-state index is 12.5. The molecule has 0 spiro atoms. The molecule has 0 unspecified atom stereocenters. The minimum Gasteiger partial charge on any atom is -0.382 e. The van der Waals surface area contributed by atoms with Crippen LogP contribution in [0.2, 0.25) is 0 Å². The molecule has 0 saturated heterocycles. The summed E-state index contributed by atoms with van der Waals surface area (Å²) in [5.74, 6) is 0.0647. The first-order chi connectivity index (χ1) is 9.09. The van der Waals surface area contributed by atoms with Gasteiger partial charge < -0.3 is 20.4 Å². The highest BCUT2D eigenvalue weighted by atomic mass is 16.2. The van der Waals surface area contributed by atoms with Crippen LogP contribution in [-0.2, 0) is 0 Å². The van der Waals surface area contributed by atoms with E-state index >= 15 is 0 Å². The third-order valence-electron chi connectivity index (χ3n) is 3.27. The maximum absolute atomic E-state index is 12.5. The monoisotopic (exact) mass is 262 g/mol. The van der Waals surface area contributed by atoms with Gasteiger partial charge in [0.2, 0.25) is 0 Å². The van der Waals surface area contributed by atoms with Crippen LogP contribution in [0.1, 0.15) is 10.4 Å². The van der Waals surface area contributed by atoms with Crippen molar-refractivity contribution in [2.75, 3.05) is 58.0 Å². The minimum absolute atomic E-state index is 0.0647. The average molecular weight is 262 g/mol. The molecule has 19 heavy (non-hydrogen) atoms. The molecule has 0 saturated carbocycles. The lowest BCUT2D eigenvalue weighted by atomic mass is 10.1. The first kappa shape index (κ1) is 13.7. The largest absolute Gasteiger partial charge is 0.382 e. The zero-order valence-electron chi connectivity index (χ0n) is 11.9. The molecule has 2 rings (SSSR count). The highest BCUT2D eigenvalue weighted by molar-refractivity contribution is 6.02. The summed E-state index contributed by atoms with van der Waals surface area (Å²) < 4.78 is 0. The summed E-state index contributed by atoms with van der Waals surface area (Å²) in [7, 11) is 5.86. The van der Waals surface area contributed by atoms with E-state index in [2.05, 4.69) is 15.5 Å². The maximum Gasteiger partial charge on any atom is 0.255 e. The summed E-state index contributed by atoms with van der Waals surface area (Å²) in [5, 5.41) is 6.62. The Morgan fingerprint density at radius 1 is 1.16 bits per heavy atom. The molecule has 5 heteroatoms. The van der Waals surface area contributed by atoms with Gasteiger partial charge in [-0.15, -0.1) is 0 Å². The number of anilines is 2. The van der Waals surface area contributed by atoms with Crippen LogP contribution in [0.15, 0.2) is 18.2 Å². The van der Waals surface area contributed by atoms with Crippen molar-refractivity contribution >= 4 is 17.3 Å². The van der Waals surface area contributed by atoms with Gasteiger partial charge in [0.1, 0.15) is 0 Å². The van der Waals surface area contributed by atoms with E-state index in [-0.39, 0.29) is 5.91 Å². The van der Waals surface area contributed by atoms with Gasteiger partial charge in [-0.2, -0.15) is 0 Å². The minimum atomic E-state index is 0.0647. The number of nitrogens with one attached hydrogen (secondary N) is 2. The number of rotatable bonds is 4. The molecule has 104 valence electrons. The Kier molecular flexibility index (Phi) is 4.27. The van der Waals surface area contributed by atoms with Crippen LogP contribution in [0.5, 0.6) is 0 Å². The second kappa shape index (κ2) is 5.93. The standard InChI is InChI=1S/C14H22N4O/c1-17(2)9-10-18(3)14(19)11-5-4-6-12-13(11)16-8-7-15-12/h4-6,15-16H,7-10H2,1-3H3. The lowest BCUT2D eigenvalue weighted by Gasteiger charge is -2.25. The molecule has 0 radical (unpaired) electrons. The Hall–Kier alpha value is -1.75. The number of benzene rings is 1. The molecule has 1 aliphatic heterocycles. The van der Waals surface area contributed by atoms with Crippen molar-refractivity contribution in [2.24, 2.45) is 0 Å². The van der Waals surface area contributed by atoms with Crippen molar-refractivity contribution < 1.29 is 4.79 Å². The van der Waals surface area contributed by atoms with Gasteiger partial charge in [-0.3, -0.25) is 4.79 Å². The Morgan fingerprint density at radius 2 is 1.89 bits per heavy atom. The molecular formula is C14H22N4O. The van der Waals surface area contributed by atoms with Gasteiger partial charge in [0.15, 0.2) is 0 Å². The molecule has 2 N–H and O–H groups in total. The van der Waals surface area contributed by atoms with Crippen molar-refractivity contribution in [1.29, 1.82) is 0 Å². The van der Waals surface area contributed by atoms with E-state index in [0.29, 0.717) is 0 Å². The third-order valence-corrected chi connectivity index (χ3v) is 3.27. The molecule has 0 aromatic heterocycles. The van der Waals surface area contributed by atoms with Crippen LogP contribution >= 0.6 is 0 Å². The normalized spacial score (nSPS) is 13.5. The zero-order chi connectivity index (χ0) is 13.8. The summed E-state index contributed by atoms with van der Waals surface area (Å²) in [6.07, 6.45) is 0. The topological polar surface area (TPSA) is 47.6 Å². The van der Waals surface area contributed by atoms with E-state index in [1.807, 2.05) is 39.3 Å². The second-order valence-electron chi connectivity index (χ2n) is 5.11. The molecule has 1 heterocycles. The van der Waals surface area contributed by atoms with Crippen LogP contribution < -0.4 is 10.6 Å². The van der Waals surface area contributed by atoms with Gasteiger partial charge in [0.25, 0.3) is 5.91 Å². The number of carbonyl (C=O) groups excluding carboxylic acids is 1. The van der Waals surface area contributed by atoms with Gasteiger partial charge in [-0.05, 0) is 26.2 Å². The first-order valence-corrected chi connectivity index (χ1v) is 6.60. The summed E-state index contributed by atoms with van der Waals surface area (Å²) >= 11 is 0. The predicted octanol–water partition coefficient (Wildman–Crippen LogP) is 1.16. The van der Waals surface area contributed by atoms with Gasteiger partial charge in [0, 0.05) is 33.2 Å². The average Bonchev–Trinajstić information content (AvgIpc) is 2.43. The molecular weight excluding hydrogens is 240 g/mol. The second-order valence-corrected chi connectivity index (χ2v) is 5.11. The number of likely N-dealkylation sites (N-methyl/N-ethyl adjacent to an activating group) is 2. The molecule has 0 fully saturated rings. The number of hydrogen-bond donors (Lipinski definition) is 2. The van der Waals surface area contributed by atoms with Crippen molar-refractivity contribution in [3.63, 3.8) is 0 Å².